The maximum absolute atomic E-state index is 12.9. The van der Waals surface area contributed by atoms with Gasteiger partial charge in [-0.3, -0.25) is 14.4 Å². The third-order valence-electron chi connectivity index (χ3n) is 5.00. The summed E-state index contributed by atoms with van der Waals surface area (Å²) in [5, 5.41) is 7.29. The van der Waals surface area contributed by atoms with Crippen LogP contribution >= 0.6 is 0 Å². The maximum atomic E-state index is 12.9. The number of hydrogen-bond acceptors (Lipinski definition) is 5. The smallest absolute Gasteiger partial charge is 0.238 e. The van der Waals surface area contributed by atoms with E-state index in [0.717, 1.165) is 17.0 Å². The number of halogens is 1. The summed E-state index contributed by atoms with van der Waals surface area (Å²) in [6, 6.07) is 5.50. The number of nitrogens with zero attached hydrogens (tertiary/aromatic N) is 3. The topological polar surface area (TPSA) is 84.3 Å². The number of carbonyl (C=O) groups excluding carboxylic acids is 1. The van der Waals surface area contributed by atoms with Gasteiger partial charge in [-0.1, -0.05) is 0 Å². The summed E-state index contributed by atoms with van der Waals surface area (Å²) in [6.45, 7) is 4.52. The fourth-order valence-electron chi connectivity index (χ4n) is 3.55. The fourth-order valence-corrected chi connectivity index (χ4v) is 5.25. The third-order valence-corrected chi connectivity index (χ3v) is 6.75. The van der Waals surface area contributed by atoms with E-state index in [-0.39, 0.29) is 35.8 Å². The lowest BCUT2D eigenvalue weighted by molar-refractivity contribution is -0.117. The number of amides is 1. The summed E-state index contributed by atoms with van der Waals surface area (Å²) in [7, 11) is -1.15. The molecule has 1 aromatic carbocycles. The highest BCUT2D eigenvalue weighted by atomic mass is 32.2. The standard InChI is InChI=1S/C19H25FN4O3S/c1-13-18(14(2)24(22-13)17-8-9-28(26,27)12-17)10-23(3)11-19(25)21-16-6-4-15(20)5-7-16/h4-7,17H,8-12H2,1-3H3,(H,21,25)/t17-/m0/s1. The van der Waals surface area contributed by atoms with E-state index in [9.17, 15) is 17.6 Å². The van der Waals surface area contributed by atoms with Crippen LogP contribution in [0.25, 0.3) is 0 Å². The summed E-state index contributed by atoms with van der Waals surface area (Å²) in [4.78, 5) is 14.1. The Morgan fingerprint density at radius 1 is 1.32 bits per heavy atom. The van der Waals surface area contributed by atoms with E-state index in [1.165, 1.54) is 24.3 Å². The second-order valence-electron chi connectivity index (χ2n) is 7.38. The molecule has 1 atom stereocenters. The zero-order valence-corrected chi connectivity index (χ0v) is 17.1. The zero-order valence-electron chi connectivity index (χ0n) is 16.3. The molecule has 0 saturated carbocycles. The molecule has 0 unspecified atom stereocenters. The van der Waals surface area contributed by atoms with Crippen molar-refractivity contribution in [3.8, 4) is 0 Å². The van der Waals surface area contributed by atoms with Crippen molar-refractivity contribution in [1.29, 1.82) is 0 Å². The minimum absolute atomic E-state index is 0.121. The van der Waals surface area contributed by atoms with Crippen LogP contribution in [0, 0.1) is 19.7 Å². The number of sulfone groups is 1. The highest BCUT2D eigenvalue weighted by Gasteiger charge is 2.31. The molecular weight excluding hydrogens is 383 g/mol. The van der Waals surface area contributed by atoms with E-state index >= 15 is 0 Å². The number of likely N-dealkylation sites (N-methyl/N-ethyl adjacent to an activating group) is 1. The molecule has 28 heavy (non-hydrogen) atoms. The minimum atomic E-state index is -2.98. The Morgan fingerprint density at radius 2 is 2.00 bits per heavy atom. The van der Waals surface area contributed by atoms with Gasteiger partial charge in [0.25, 0.3) is 0 Å². The van der Waals surface area contributed by atoms with Crippen LogP contribution in [-0.4, -0.2) is 54.1 Å². The van der Waals surface area contributed by atoms with Gasteiger partial charge in [0.05, 0.1) is 29.8 Å². The summed E-state index contributed by atoms with van der Waals surface area (Å²) < 4.78 is 38.3. The van der Waals surface area contributed by atoms with E-state index < -0.39 is 9.84 Å². The van der Waals surface area contributed by atoms with Crippen molar-refractivity contribution in [2.24, 2.45) is 0 Å². The molecule has 9 heteroatoms. The van der Waals surface area contributed by atoms with Crippen LogP contribution in [0.4, 0.5) is 10.1 Å². The van der Waals surface area contributed by atoms with Crippen molar-refractivity contribution in [2.75, 3.05) is 30.4 Å². The molecule has 3 rings (SSSR count). The molecule has 1 amide bonds. The van der Waals surface area contributed by atoms with Crippen molar-refractivity contribution >= 4 is 21.4 Å². The molecule has 152 valence electrons. The predicted octanol–water partition coefficient (Wildman–Crippen LogP) is 2.07. The average Bonchev–Trinajstić information content (AvgIpc) is 3.10. The number of anilines is 1. The number of aryl methyl sites for hydroxylation is 1. The minimum Gasteiger partial charge on any atom is -0.325 e. The summed E-state index contributed by atoms with van der Waals surface area (Å²) in [6.07, 6.45) is 0.583. The average molecular weight is 408 g/mol. The summed E-state index contributed by atoms with van der Waals surface area (Å²) >= 11 is 0. The van der Waals surface area contributed by atoms with Crippen molar-refractivity contribution in [3.05, 3.63) is 47.0 Å². The molecule has 1 saturated heterocycles. The third kappa shape index (κ3) is 4.77. The fraction of sp³-hybridized carbons (Fsp3) is 0.474. The van der Waals surface area contributed by atoms with Gasteiger partial charge < -0.3 is 5.32 Å². The summed E-state index contributed by atoms with van der Waals surface area (Å²) in [5.41, 5.74) is 3.32. The van der Waals surface area contributed by atoms with Gasteiger partial charge in [0.1, 0.15) is 5.82 Å². The monoisotopic (exact) mass is 408 g/mol. The highest BCUT2D eigenvalue weighted by molar-refractivity contribution is 7.91. The van der Waals surface area contributed by atoms with Crippen LogP contribution in [0.15, 0.2) is 24.3 Å². The lowest BCUT2D eigenvalue weighted by Gasteiger charge is -2.17. The highest BCUT2D eigenvalue weighted by Crippen LogP contribution is 2.27. The molecule has 1 aliphatic rings. The van der Waals surface area contributed by atoms with Gasteiger partial charge in [-0.05, 0) is 51.6 Å². The Labute approximate surface area is 164 Å². The number of aromatic nitrogens is 2. The lowest BCUT2D eigenvalue weighted by atomic mass is 10.1. The van der Waals surface area contributed by atoms with E-state index in [4.69, 9.17) is 0 Å². The van der Waals surface area contributed by atoms with E-state index in [1.54, 1.807) is 0 Å². The number of rotatable bonds is 6. The van der Waals surface area contributed by atoms with Crippen LogP contribution in [-0.2, 0) is 21.2 Å². The molecular formula is C19H25FN4O3S. The van der Waals surface area contributed by atoms with Gasteiger partial charge >= 0.3 is 0 Å². The Bertz CT molecular complexity index is 970. The molecule has 7 nitrogen and oxygen atoms in total. The lowest BCUT2D eigenvalue weighted by Crippen LogP contribution is -2.30. The van der Waals surface area contributed by atoms with Crippen LogP contribution in [0.1, 0.15) is 29.4 Å². The number of carbonyl (C=O) groups is 1. The number of benzene rings is 1. The Balaban J connectivity index is 1.63. The van der Waals surface area contributed by atoms with Crippen molar-refractivity contribution in [2.45, 2.75) is 32.9 Å². The first-order chi connectivity index (χ1) is 13.1. The summed E-state index contributed by atoms with van der Waals surface area (Å²) in [5.74, 6) is -0.217. The van der Waals surface area contributed by atoms with Crippen LogP contribution in [0.2, 0.25) is 0 Å². The van der Waals surface area contributed by atoms with E-state index in [2.05, 4.69) is 10.4 Å². The molecule has 0 aliphatic carbocycles. The Kier molecular flexibility index (Phi) is 5.85. The quantitative estimate of drug-likeness (QED) is 0.791. The Morgan fingerprint density at radius 3 is 2.61 bits per heavy atom. The first kappa shape index (κ1) is 20.5. The van der Waals surface area contributed by atoms with E-state index in [1.807, 2.05) is 30.5 Å². The normalized spacial score (nSPS) is 18.5. The first-order valence-corrected chi connectivity index (χ1v) is 11.0. The molecule has 1 N–H and O–H groups in total. The number of nitrogens with one attached hydrogen (secondary N) is 1. The first-order valence-electron chi connectivity index (χ1n) is 9.13. The van der Waals surface area contributed by atoms with Gasteiger partial charge in [0.2, 0.25) is 5.91 Å². The SMILES string of the molecule is Cc1nn([C@H]2CCS(=O)(=O)C2)c(C)c1CN(C)CC(=O)Nc1ccc(F)cc1. The molecule has 2 heterocycles. The largest absolute Gasteiger partial charge is 0.325 e. The van der Waals surface area contributed by atoms with Gasteiger partial charge in [-0.25, -0.2) is 12.8 Å². The maximum Gasteiger partial charge on any atom is 0.238 e. The molecule has 0 spiro atoms. The van der Waals surface area contributed by atoms with Crippen LogP contribution < -0.4 is 5.32 Å². The molecule has 0 bridgehead atoms. The van der Waals surface area contributed by atoms with Gasteiger partial charge in [0, 0.05) is 23.5 Å². The molecule has 1 aliphatic heterocycles. The van der Waals surface area contributed by atoms with Crippen molar-refractivity contribution in [1.82, 2.24) is 14.7 Å². The predicted molar refractivity (Wildman–Crippen MR) is 105 cm³/mol. The zero-order chi connectivity index (χ0) is 20.5. The number of hydrogen-bond donors (Lipinski definition) is 1. The van der Waals surface area contributed by atoms with Crippen molar-refractivity contribution in [3.63, 3.8) is 0 Å². The van der Waals surface area contributed by atoms with Crippen LogP contribution in [0.3, 0.4) is 0 Å². The van der Waals surface area contributed by atoms with E-state index in [0.29, 0.717) is 18.7 Å². The molecule has 2 aromatic rings. The molecule has 1 fully saturated rings. The van der Waals surface area contributed by atoms with Gasteiger partial charge in [0.15, 0.2) is 9.84 Å². The van der Waals surface area contributed by atoms with Crippen LogP contribution in [0.5, 0.6) is 0 Å². The second kappa shape index (κ2) is 8.00. The molecule has 0 radical (unpaired) electrons. The van der Waals surface area contributed by atoms with Crippen molar-refractivity contribution < 1.29 is 17.6 Å². The second-order valence-corrected chi connectivity index (χ2v) is 9.61. The Hall–Kier alpha value is -2.26. The van der Waals surface area contributed by atoms with Gasteiger partial charge in [-0.2, -0.15) is 5.10 Å². The van der Waals surface area contributed by atoms with Gasteiger partial charge in [-0.15, -0.1) is 0 Å². The molecule has 1 aromatic heterocycles.